The SMILES string of the molecule is COc1ccc(CCNC(=O)Cn2c(=O)n(CCc3ccc(OC)c(OC)c3)c(=O)c3ncccc32)cc1OC. The summed E-state index contributed by atoms with van der Waals surface area (Å²) in [5.41, 5.74) is 1.13. The van der Waals surface area contributed by atoms with Gasteiger partial charge in [0, 0.05) is 19.3 Å². The number of pyridine rings is 1. The molecule has 0 fully saturated rings. The number of aryl methyl sites for hydroxylation is 1. The van der Waals surface area contributed by atoms with E-state index >= 15 is 0 Å². The predicted molar refractivity (Wildman–Crippen MR) is 150 cm³/mol. The number of rotatable bonds is 12. The van der Waals surface area contributed by atoms with E-state index in [1.165, 1.54) is 10.8 Å². The van der Waals surface area contributed by atoms with Crippen LogP contribution in [-0.4, -0.2) is 55.0 Å². The number of methoxy groups -OCH3 is 4. The van der Waals surface area contributed by atoms with Crippen LogP contribution in [0.15, 0.2) is 64.3 Å². The number of amides is 1. The molecule has 1 amide bonds. The first-order chi connectivity index (χ1) is 19.4. The molecule has 0 aliphatic heterocycles. The molecule has 2 heterocycles. The number of carbonyl (C=O) groups excluding carboxylic acids is 1. The van der Waals surface area contributed by atoms with Crippen LogP contribution in [0.2, 0.25) is 0 Å². The Balaban J connectivity index is 1.52. The van der Waals surface area contributed by atoms with Crippen LogP contribution in [0.1, 0.15) is 11.1 Å². The van der Waals surface area contributed by atoms with Gasteiger partial charge in [-0.2, -0.15) is 0 Å². The molecule has 0 saturated heterocycles. The van der Waals surface area contributed by atoms with Gasteiger partial charge in [0.05, 0.1) is 34.0 Å². The molecular formula is C29H32N4O7. The van der Waals surface area contributed by atoms with Gasteiger partial charge in [-0.05, 0) is 60.4 Å². The zero-order chi connectivity index (χ0) is 28.6. The first-order valence-corrected chi connectivity index (χ1v) is 12.7. The minimum absolute atomic E-state index is 0.0978. The summed E-state index contributed by atoms with van der Waals surface area (Å²) >= 11 is 0. The molecule has 4 aromatic rings. The summed E-state index contributed by atoms with van der Waals surface area (Å²) in [6.45, 7) is 0.183. The number of fused-ring (bicyclic) bond motifs is 1. The number of nitrogens with zero attached hydrogens (tertiary/aromatic N) is 3. The van der Waals surface area contributed by atoms with Gasteiger partial charge < -0.3 is 24.3 Å². The molecule has 0 unspecified atom stereocenters. The largest absolute Gasteiger partial charge is 0.493 e. The van der Waals surface area contributed by atoms with Gasteiger partial charge in [0.1, 0.15) is 6.54 Å². The van der Waals surface area contributed by atoms with Crippen LogP contribution in [0.3, 0.4) is 0 Å². The van der Waals surface area contributed by atoms with Crippen molar-refractivity contribution in [1.82, 2.24) is 19.4 Å². The Labute approximate surface area is 230 Å². The van der Waals surface area contributed by atoms with Crippen LogP contribution in [0, 0.1) is 0 Å². The van der Waals surface area contributed by atoms with E-state index in [-0.39, 0.29) is 24.5 Å². The smallest absolute Gasteiger partial charge is 0.332 e. The monoisotopic (exact) mass is 548 g/mol. The summed E-state index contributed by atoms with van der Waals surface area (Å²) in [7, 11) is 6.22. The second-order valence-corrected chi connectivity index (χ2v) is 8.93. The standard InChI is InChI=1S/C29H32N4O7/c1-37-22-9-7-19(16-24(22)39-3)11-14-30-26(34)18-33-21-6-5-13-31-27(21)28(35)32(29(33)36)15-12-20-8-10-23(38-2)25(17-20)40-4/h5-10,13,16-17H,11-12,14-15,18H2,1-4H3,(H,30,34). The summed E-state index contributed by atoms with van der Waals surface area (Å²) in [6, 6.07) is 14.2. The summed E-state index contributed by atoms with van der Waals surface area (Å²) in [6.07, 6.45) is 2.42. The van der Waals surface area contributed by atoms with Crippen molar-refractivity contribution in [3.8, 4) is 23.0 Å². The maximum Gasteiger partial charge on any atom is 0.332 e. The van der Waals surface area contributed by atoms with Crippen molar-refractivity contribution in [2.24, 2.45) is 0 Å². The van der Waals surface area contributed by atoms with Crippen molar-refractivity contribution in [2.45, 2.75) is 25.9 Å². The third-order valence-electron chi connectivity index (χ3n) is 6.54. The van der Waals surface area contributed by atoms with E-state index in [0.717, 1.165) is 15.7 Å². The Kier molecular flexibility index (Phi) is 9.05. The molecule has 11 nitrogen and oxygen atoms in total. The van der Waals surface area contributed by atoms with Gasteiger partial charge >= 0.3 is 5.69 Å². The van der Waals surface area contributed by atoms with Gasteiger partial charge in [0.25, 0.3) is 5.56 Å². The Morgan fingerprint density at radius 3 is 2.00 bits per heavy atom. The van der Waals surface area contributed by atoms with E-state index in [4.69, 9.17) is 18.9 Å². The molecule has 0 bridgehead atoms. The lowest BCUT2D eigenvalue weighted by atomic mass is 10.1. The number of nitrogens with one attached hydrogen (secondary N) is 1. The number of ether oxygens (including phenoxy) is 4. The van der Waals surface area contributed by atoms with E-state index in [1.54, 1.807) is 58.8 Å². The van der Waals surface area contributed by atoms with Gasteiger partial charge in [-0.15, -0.1) is 0 Å². The first-order valence-electron chi connectivity index (χ1n) is 12.7. The highest BCUT2D eigenvalue weighted by Crippen LogP contribution is 2.28. The lowest BCUT2D eigenvalue weighted by Crippen LogP contribution is -2.43. The fraction of sp³-hybridized carbons (Fsp3) is 0.310. The van der Waals surface area contributed by atoms with Crippen LogP contribution in [-0.2, 0) is 30.7 Å². The van der Waals surface area contributed by atoms with E-state index in [0.29, 0.717) is 47.9 Å². The number of hydrogen-bond acceptors (Lipinski definition) is 8. The highest BCUT2D eigenvalue weighted by Gasteiger charge is 2.17. The van der Waals surface area contributed by atoms with Gasteiger partial charge in [-0.1, -0.05) is 12.1 Å². The molecule has 0 aliphatic rings. The third kappa shape index (κ3) is 6.09. The average molecular weight is 549 g/mol. The first kappa shape index (κ1) is 28.2. The molecule has 2 aromatic heterocycles. The summed E-state index contributed by atoms with van der Waals surface area (Å²) in [4.78, 5) is 43.7. The zero-order valence-electron chi connectivity index (χ0n) is 22.9. The molecule has 0 radical (unpaired) electrons. The summed E-state index contributed by atoms with van der Waals surface area (Å²) in [5, 5.41) is 2.85. The van der Waals surface area contributed by atoms with Gasteiger partial charge in [-0.25, -0.2) is 9.78 Å². The van der Waals surface area contributed by atoms with Crippen LogP contribution >= 0.6 is 0 Å². The average Bonchev–Trinajstić information content (AvgIpc) is 2.98. The minimum atomic E-state index is -0.582. The van der Waals surface area contributed by atoms with Crippen LogP contribution < -0.4 is 35.5 Å². The fourth-order valence-corrected chi connectivity index (χ4v) is 4.45. The molecule has 0 atom stereocenters. The van der Waals surface area contributed by atoms with Crippen LogP contribution in [0.4, 0.5) is 0 Å². The molecule has 0 saturated carbocycles. The fourth-order valence-electron chi connectivity index (χ4n) is 4.45. The molecule has 210 valence electrons. The number of benzene rings is 2. The van der Waals surface area contributed by atoms with E-state index in [1.807, 2.05) is 18.2 Å². The molecule has 4 rings (SSSR count). The third-order valence-corrected chi connectivity index (χ3v) is 6.54. The van der Waals surface area contributed by atoms with Crippen molar-refractivity contribution in [3.05, 3.63) is 86.7 Å². The minimum Gasteiger partial charge on any atom is -0.493 e. The summed E-state index contributed by atoms with van der Waals surface area (Å²) < 4.78 is 23.6. The van der Waals surface area contributed by atoms with Gasteiger partial charge in [0.15, 0.2) is 28.5 Å². The van der Waals surface area contributed by atoms with Crippen molar-refractivity contribution in [1.29, 1.82) is 0 Å². The van der Waals surface area contributed by atoms with Gasteiger partial charge in [0.2, 0.25) is 5.91 Å². The zero-order valence-corrected chi connectivity index (χ0v) is 22.9. The molecular weight excluding hydrogens is 516 g/mol. The van der Waals surface area contributed by atoms with Crippen molar-refractivity contribution >= 4 is 16.9 Å². The van der Waals surface area contributed by atoms with Gasteiger partial charge in [-0.3, -0.25) is 18.7 Å². The Morgan fingerprint density at radius 2 is 1.40 bits per heavy atom. The molecule has 40 heavy (non-hydrogen) atoms. The highest BCUT2D eigenvalue weighted by atomic mass is 16.5. The topological polar surface area (TPSA) is 123 Å². The maximum absolute atomic E-state index is 13.5. The Bertz CT molecular complexity index is 1630. The molecule has 0 aliphatic carbocycles. The van der Waals surface area contributed by atoms with Crippen LogP contribution in [0.5, 0.6) is 23.0 Å². The van der Waals surface area contributed by atoms with E-state index in [2.05, 4.69) is 10.3 Å². The second kappa shape index (κ2) is 12.8. The highest BCUT2D eigenvalue weighted by molar-refractivity contribution is 5.79. The second-order valence-electron chi connectivity index (χ2n) is 8.93. The van der Waals surface area contributed by atoms with Crippen molar-refractivity contribution in [3.63, 3.8) is 0 Å². The van der Waals surface area contributed by atoms with E-state index < -0.39 is 11.2 Å². The molecule has 0 spiro atoms. The summed E-state index contributed by atoms with van der Waals surface area (Å²) in [5.74, 6) is 1.99. The van der Waals surface area contributed by atoms with Crippen molar-refractivity contribution < 1.29 is 23.7 Å². The molecule has 11 heteroatoms. The van der Waals surface area contributed by atoms with Crippen LogP contribution in [0.25, 0.3) is 11.0 Å². The lowest BCUT2D eigenvalue weighted by molar-refractivity contribution is -0.121. The number of hydrogen-bond donors (Lipinski definition) is 1. The molecule has 1 N–H and O–H groups in total. The Morgan fingerprint density at radius 1 is 0.800 bits per heavy atom. The molecule has 2 aromatic carbocycles. The quantitative estimate of drug-likeness (QED) is 0.286. The Hall–Kier alpha value is -4.80. The van der Waals surface area contributed by atoms with E-state index in [9.17, 15) is 14.4 Å². The lowest BCUT2D eigenvalue weighted by Gasteiger charge is -2.14. The predicted octanol–water partition coefficient (Wildman–Crippen LogP) is 2.19. The number of carbonyl (C=O) groups is 1. The normalized spacial score (nSPS) is 10.8. The maximum atomic E-state index is 13.5. The van der Waals surface area contributed by atoms with Crippen molar-refractivity contribution in [2.75, 3.05) is 35.0 Å². The number of aromatic nitrogens is 3.